The van der Waals surface area contributed by atoms with Crippen molar-refractivity contribution in [2.75, 3.05) is 54.4 Å². The first-order valence-corrected chi connectivity index (χ1v) is 13.7. The first-order chi connectivity index (χ1) is 20.4. The van der Waals surface area contributed by atoms with E-state index in [4.69, 9.17) is 14.7 Å². The molecule has 0 unspecified atom stereocenters. The van der Waals surface area contributed by atoms with Crippen LogP contribution in [0.5, 0.6) is 5.75 Å². The van der Waals surface area contributed by atoms with Crippen LogP contribution >= 0.6 is 0 Å². The average Bonchev–Trinajstić information content (AvgIpc) is 3.42. The van der Waals surface area contributed by atoms with Gasteiger partial charge in [-0.15, -0.1) is 0 Å². The Morgan fingerprint density at radius 2 is 1.55 bits per heavy atom. The fourth-order valence-electron chi connectivity index (χ4n) is 4.84. The summed E-state index contributed by atoms with van der Waals surface area (Å²) in [6.45, 7) is 4.14. The molecule has 216 valence electrons. The average molecular weight is 575 g/mol. The summed E-state index contributed by atoms with van der Waals surface area (Å²) in [5, 5.41) is 3.35. The number of alkyl halides is 3. The van der Waals surface area contributed by atoms with E-state index in [9.17, 15) is 13.2 Å². The molecule has 1 fully saturated rings. The lowest BCUT2D eigenvalue weighted by atomic mass is 10.1. The maximum Gasteiger partial charge on any atom is 0.416 e. The molecule has 0 atom stereocenters. The maximum absolute atomic E-state index is 13.1. The van der Waals surface area contributed by atoms with E-state index in [1.54, 1.807) is 12.5 Å². The molecule has 4 heterocycles. The highest BCUT2D eigenvalue weighted by molar-refractivity contribution is 5.84. The smallest absolute Gasteiger partial charge is 0.416 e. The number of fused-ring (bicyclic) bond motifs is 1. The number of piperazine rings is 1. The van der Waals surface area contributed by atoms with Gasteiger partial charge in [-0.05, 0) is 42.0 Å². The largest absolute Gasteiger partial charge is 0.492 e. The minimum Gasteiger partial charge on any atom is -0.492 e. The molecule has 0 amide bonds. The molecule has 0 bridgehead atoms. The Kier molecular flexibility index (Phi) is 7.76. The van der Waals surface area contributed by atoms with Gasteiger partial charge in [-0.2, -0.15) is 23.1 Å². The predicted molar refractivity (Wildman–Crippen MR) is 155 cm³/mol. The third-order valence-corrected chi connectivity index (χ3v) is 7.03. The molecule has 1 saturated heterocycles. The molecule has 1 N–H and O–H groups in total. The number of ether oxygens (including phenoxy) is 1. The van der Waals surface area contributed by atoms with E-state index in [1.165, 1.54) is 12.1 Å². The van der Waals surface area contributed by atoms with Crippen molar-refractivity contribution in [3.8, 4) is 5.75 Å². The highest BCUT2D eigenvalue weighted by Gasteiger charge is 2.30. The summed E-state index contributed by atoms with van der Waals surface area (Å²) >= 11 is 0. The van der Waals surface area contributed by atoms with Crippen molar-refractivity contribution in [1.29, 1.82) is 0 Å². The molecule has 12 heteroatoms. The topological polar surface area (TPSA) is 84.2 Å². The van der Waals surface area contributed by atoms with Crippen LogP contribution in [0.2, 0.25) is 0 Å². The second-order valence-electron chi connectivity index (χ2n) is 9.86. The Balaban J connectivity index is 1.23. The molecule has 0 radical (unpaired) electrons. The molecular formula is C30H29F3N8O. The minimum atomic E-state index is -4.38. The lowest BCUT2D eigenvalue weighted by molar-refractivity contribution is -0.137. The van der Waals surface area contributed by atoms with Gasteiger partial charge in [0.15, 0.2) is 17.0 Å². The number of para-hydroxylation sites is 1. The van der Waals surface area contributed by atoms with Gasteiger partial charge in [0.1, 0.15) is 18.2 Å². The van der Waals surface area contributed by atoms with Gasteiger partial charge in [-0.25, -0.2) is 9.97 Å². The summed E-state index contributed by atoms with van der Waals surface area (Å²) in [6.07, 6.45) is -0.949. The van der Waals surface area contributed by atoms with E-state index < -0.39 is 11.7 Å². The molecule has 2 aromatic carbocycles. The monoisotopic (exact) mass is 574 g/mol. The van der Waals surface area contributed by atoms with E-state index in [2.05, 4.69) is 25.1 Å². The molecular weight excluding hydrogens is 545 g/mol. The number of benzene rings is 2. The van der Waals surface area contributed by atoms with Gasteiger partial charge in [-0.1, -0.05) is 36.4 Å². The zero-order valence-corrected chi connectivity index (χ0v) is 22.7. The Labute approximate surface area is 240 Å². The summed E-state index contributed by atoms with van der Waals surface area (Å²) in [6, 6.07) is 20.6. The Bertz CT molecular complexity index is 1600. The van der Waals surface area contributed by atoms with Crippen LogP contribution in [-0.4, -0.2) is 63.8 Å². The molecule has 0 saturated carbocycles. The van der Waals surface area contributed by atoms with Crippen molar-refractivity contribution in [2.24, 2.45) is 0 Å². The standard InChI is InChI=1S/C30H29F3N8O/c31-30(32,33)23-11-9-22(10-12-23)20-41-21-36-26-27(35-14-19-42-24-6-2-1-3-7-24)37-29(38-28(26)41)40-17-15-39(16-18-40)25-8-4-5-13-34-25/h1-13,21H,14-20H2,(H,35,37,38). The molecule has 1 aliphatic rings. The molecule has 9 nitrogen and oxygen atoms in total. The normalized spacial score (nSPS) is 13.9. The number of nitrogens with zero attached hydrogens (tertiary/aromatic N) is 7. The SMILES string of the molecule is FC(F)(F)c1ccc(Cn2cnc3c(NCCOc4ccccc4)nc(N4CCN(c5ccccn5)CC4)nc32)cc1. The van der Waals surface area contributed by atoms with Crippen LogP contribution in [-0.2, 0) is 12.7 Å². The summed E-state index contributed by atoms with van der Waals surface area (Å²) in [5.41, 5.74) is 1.20. The van der Waals surface area contributed by atoms with E-state index >= 15 is 0 Å². The van der Waals surface area contributed by atoms with Crippen LogP contribution in [0.25, 0.3) is 11.2 Å². The van der Waals surface area contributed by atoms with Gasteiger partial charge in [0.05, 0.1) is 25.0 Å². The summed E-state index contributed by atoms with van der Waals surface area (Å²) < 4.78 is 46.8. The molecule has 1 aliphatic heterocycles. The highest BCUT2D eigenvalue weighted by atomic mass is 19.4. The first kappa shape index (κ1) is 27.3. The van der Waals surface area contributed by atoms with Crippen LogP contribution in [0.4, 0.5) is 30.8 Å². The van der Waals surface area contributed by atoms with E-state index in [0.29, 0.717) is 61.3 Å². The van der Waals surface area contributed by atoms with Crippen molar-refractivity contribution in [2.45, 2.75) is 12.7 Å². The fourth-order valence-corrected chi connectivity index (χ4v) is 4.84. The van der Waals surface area contributed by atoms with Gasteiger partial charge in [0.25, 0.3) is 0 Å². The Hall–Kier alpha value is -4.87. The zero-order valence-electron chi connectivity index (χ0n) is 22.7. The van der Waals surface area contributed by atoms with Crippen molar-refractivity contribution >= 4 is 28.7 Å². The minimum absolute atomic E-state index is 0.315. The summed E-state index contributed by atoms with van der Waals surface area (Å²) in [5.74, 6) is 2.84. The third-order valence-electron chi connectivity index (χ3n) is 7.03. The van der Waals surface area contributed by atoms with Crippen LogP contribution in [0.3, 0.4) is 0 Å². The quantitative estimate of drug-likeness (QED) is 0.244. The van der Waals surface area contributed by atoms with Crippen molar-refractivity contribution in [1.82, 2.24) is 24.5 Å². The zero-order chi connectivity index (χ0) is 28.9. The number of hydrogen-bond acceptors (Lipinski definition) is 8. The van der Waals surface area contributed by atoms with E-state index in [1.807, 2.05) is 53.1 Å². The van der Waals surface area contributed by atoms with Crippen LogP contribution < -0.4 is 19.9 Å². The number of rotatable bonds is 9. The van der Waals surface area contributed by atoms with E-state index in [-0.39, 0.29) is 0 Å². The third kappa shape index (κ3) is 6.22. The number of nitrogens with one attached hydrogen (secondary N) is 1. The fraction of sp³-hybridized carbons (Fsp3) is 0.267. The van der Waals surface area contributed by atoms with Crippen molar-refractivity contribution in [3.63, 3.8) is 0 Å². The van der Waals surface area contributed by atoms with Gasteiger partial charge >= 0.3 is 6.18 Å². The molecule has 6 rings (SSSR count). The second kappa shape index (κ2) is 11.9. The van der Waals surface area contributed by atoms with Crippen molar-refractivity contribution in [3.05, 3.63) is 96.4 Å². The molecule has 42 heavy (non-hydrogen) atoms. The number of imidazole rings is 1. The second-order valence-corrected chi connectivity index (χ2v) is 9.86. The molecule has 3 aromatic heterocycles. The highest BCUT2D eigenvalue weighted by Crippen LogP contribution is 2.30. The Morgan fingerprint density at radius 1 is 0.810 bits per heavy atom. The van der Waals surface area contributed by atoms with Gasteiger partial charge in [0.2, 0.25) is 5.95 Å². The van der Waals surface area contributed by atoms with Crippen LogP contribution in [0.1, 0.15) is 11.1 Å². The predicted octanol–water partition coefficient (Wildman–Crippen LogP) is 5.11. The number of aromatic nitrogens is 5. The van der Waals surface area contributed by atoms with Gasteiger partial charge in [-0.3, -0.25) is 0 Å². The summed E-state index contributed by atoms with van der Waals surface area (Å²) in [7, 11) is 0. The van der Waals surface area contributed by atoms with E-state index in [0.717, 1.165) is 36.8 Å². The maximum atomic E-state index is 13.1. The van der Waals surface area contributed by atoms with Crippen LogP contribution in [0.15, 0.2) is 85.3 Å². The lowest BCUT2D eigenvalue weighted by Crippen LogP contribution is -2.47. The van der Waals surface area contributed by atoms with Gasteiger partial charge in [0, 0.05) is 32.4 Å². The van der Waals surface area contributed by atoms with Crippen LogP contribution in [0, 0.1) is 0 Å². The number of hydrogen-bond donors (Lipinski definition) is 1. The summed E-state index contributed by atoms with van der Waals surface area (Å²) in [4.78, 5) is 23.1. The number of pyridine rings is 1. The first-order valence-electron chi connectivity index (χ1n) is 13.7. The lowest BCUT2D eigenvalue weighted by Gasteiger charge is -2.35. The molecule has 5 aromatic rings. The molecule has 0 spiro atoms. The van der Waals surface area contributed by atoms with Crippen molar-refractivity contribution < 1.29 is 17.9 Å². The number of halogens is 3. The van der Waals surface area contributed by atoms with Gasteiger partial charge < -0.3 is 24.4 Å². The Morgan fingerprint density at radius 3 is 2.26 bits per heavy atom. The molecule has 0 aliphatic carbocycles. The number of anilines is 3.